The van der Waals surface area contributed by atoms with Crippen molar-refractivity contribution in [3.8, 4) is 6.07 Å². The molecule has 0 aliphatic rings. The molecular formula is C11H5NS2. The maximum Gasteiger partial charge on any atom is 0.110 e. The molecule has 0 fully saturated rings. The lowest BCUT2D eigenvalue weighted by Gasteiger charge is -1.90. The number of nitriles is 1. The summed E-state index contributed by atoms with van der Waals surface area (Å²) >= 11 is 3.30. The molecule has 0 unspecified atom stereocenters. The highest BCUT2D eigenvalue weighted by Crippen LogP contribution is 2.33. The summed E-state index contributed by atoms with van der Waals surface area (Å²) in [6, 6.07) is 10.5. The predicted molar refractivity (Wildman–Crippen MR) is 61.9 cm³/mol. The molecule has 0 atom stereocenters. The van der Waals surface area contributed by atoms with Gasteiger partial charge in [0, 0.05) is 20.2 Å². The molecule has 3 rings (SSSR count). The Hall–Kier alpha value is -1.37. The summed E-state index contributed by atoms with van der Waals surface area (Å²) < 4.78 is 2.49. The zero-order valence-electron chi connectivity index (χ0n) is 7.15. The number of benzene rings is 1. The SMILES string of the molecule is N#Cc1cc2c(ccc3sccc32)s1. The normalized spacial score (nSPS) is 10.8. The molecule has 0 bridgehead atoms. The van der Waals surface area contributed by atoms with Crippen LogP contribution in [0.3, 0.4) is 0 Å². The van der Waals surface area contributed by atoms with Crippen LogP contribution in [0, 0.1) is 11.3 Å². The van der Waals surface area contributed by atoms with Crippen LogP contribution in [-0.4, -0.2) is 0 Å². The van der Waals surface area contributed by atoms with Crippen molar-refractivity contribution < 1.29 is 0 Å². The average Bonchev–Trinajstić information content (AvgIpc) is 2.82. The van der Waals surface area contributed by atoms with Gasteiger partial charge in [-0.3, -0.25) is 0 Å². The first-order chi connectivity index (χ1) is 6.88. The fourth-order valence-corrected chi connectivity index (χ4v) is 3.30. The minimum absolute atomic E-state index is 0.790. The molecule has 0 amide bonds. The second kappa shape index (κ2) is 2.81. The molecule has 0 saturated carbocycles. The van der Waals surface area contributed by atoms with Crippen molar-refractivity contribution >= 4 is 42.8 Å². The monoisotopic (exact) mass is 215 g/mol. The summed E-state index contributed by atoms with van der Waals surface area (Å²) in [7, 11) is 0. The third-order valence-electron chi connectivity index (χ3n) is 2.24. The molecule has 3 aromatic rings. The van der Waals surface area contributed by atoms with Crippen molar-refractivity contribution in [2.45, 2.75) is 0 Å². The fourth-order valence-electron chi connectivity index (χ4n) is 1.62. The number of hydrogen-bond donors (Lipinski definition) is 0. The molecule has 2 aromatic heterocycles. The van der Waals surface area contributed by atoms with Gasteiger partial charge < -0.3 is 0 Å². The van der Waals surface area contributed by atoms with E-state index in [-0.39, 0.29) is 0 Å². The van der Waals surface area contributed by atoms with Gasteiger partial charge in [0.2, 0.25) is 0 Å². The van der Waals surface area contributed by atoms with E-state index in [2.05, 4.69) is 29.6 Å². The number of rotatable bonds is 0. The van der Waals surface area contributed by atoms with E-state index < -0.39 is 0 Å². The quantitative estimate of drug-likeness (QED) is 0.556. The molecule has 14 heavy (non-hydrogen) atoms. The maximum atomic E-state index is 8.82. The first-order valence-corrected chi connectivity index (χ1v) is 5.88. The highest BCUT2D eigenvalue weighted by molar-refractivity contribution is 7.20. The topological polar surface area (TPSA) is 23.8 Å². The van der Waals surface area contributed by atoms with Crippen molar-refractivity contribution in [3.63, 3.8) is 0 Å². The van der Waals surface area contributed by atoms with E-state index in [4.69, 9.17) is 5.26 Å². The number of fused-ring (bicyclic) bond motifs is 3. The Morgan fingerprint density at radius 2 is 1.93 bits per heavy atom. The van der Waals surface area contributed by atoms with Gasteiger partial charge in [0.15, 0.2) is 0 Å². The minimum Gasteiger partial charge on any atom is -0.192 e. The standard InChI is InChI=1S/C11H5NS2/c12-6-7-5-9-8-3-4-13-10(8)1-2-11(9)14-7/h1-5H. The molecule has 0 aliphatic carbocycles. The number of thiophene rings is 2. The lowest BCUT2D eigenvalue weighted by atomic mass is 10.2. The number of hydrogen-bond acceptors (Lipinski definition) is 3. The highest BCUT2D eigenvalue weighted by Gasteiger charge is 2.05. The van der Waals surface area contributed by atoms with E-state index in [1.54, 1.807) is 22.7 Å². The Morgan fingerprint density at radius 3 is 2.79 bits per heavy atom. The molecule has 0 radical (unpaired) electrons. The first kappa shape index (κ1) is 7.98. The lowest BCUT2D eigenvalue weighted by Crippen LogP contribution is -1.63. The van der Waals surface area contributed by atoms with Crippen LogP contribution in [0.2, 0.25) is 0 Å². The summed E-state index contributed by atoms with van der Waals surface area (Å²) in [6.07, 6.45) is 0. The molecule has 0 aliphatic heterocycles. The summed E-state index contributed by atoms with van der Waals surface area (Å²) in [5.41, 5.74) is 0. The minimum atomic E-state index is 0.790. The van der Waals surface area contributed by atoms with Crippen LogP contribution >= 0.6 is 22.7 Å². The van der Waals surface area contributed by atoms with Gasteiger partial charge in [0.1, 0.15) is 10.9 Å². The van der Waals surface area contributed by atoms with Gasteiger partial charge in [-0.25, -0.2) is 0 Å². The largest absolute Gasteiger partial charge is 0.192 e. The van der Waals surface area contributed by atoms with Crippen molar-refractivity contribution in [2.75, 3.05) is 0 Å². The van der Waals surface area contributed by atoms with E-state index in [0.717, 1.165) is 4.88 Å². The molecule has 1 aromatic carbocycles. The smallest absolute Gasteiger partial charge is 0.110 e. The Kier molecular flexibility index (Phi) is 1.60. The Bertz CT molecular complexity index is 655. The van der Waals surface area contributed by atoms with Crippen molar-refractivity contribution in [1.29, 1.82) is 5.26 Å². The zero-order chi connectivity index (χ0) is 9.54. The summed E-state index contributed by atoms with van der Waals surface area (Å²) in [6.45, 7) is 0. The van der Waals surface area contributed by atoms with E-state index in [9.17, 15) is 0 Å². The molecule has 66 valence electrons. The average molecular weight is 215 g/mol. The second-order valence-corrected chi connectivity index (χ2v) is 5.06. The summed E-state index contributed by atoms with van der Waals surface area (Å²) in [5, 5.41) is 13.4. The Morgan fingerprint density at radius 1 is 1.07 bits per heavy atom. The van der Waals surface area contributed by atoms with Crippen LogP contribution in [0.25, 0.3) is 20.2 Å². The van der Waals surface area contributed by atoms with Crippen LogP contribution in [0.4, 0.5) is 0 Å². The van der Waals surface area contributed by atoms with Crippen LogP contribution in [0.15, 0.2) is 29.6 Å². The summed E-state index contributed by atoms with van der Waals surface area (Å²) in [5.74, 6) is 0. The Balaban J connectivity index is 2.56. The van der Waals surface area contributed by atoms with Crippen molar-refractivity contribution in [1.82, 2.24) is 0 Å². The third kappa shape index (κ3) is 0.985. The molecule has 2 heterocycles. The Labute approximate surface area is 88.8 Å². The van der Waals surface area contributed by atoms with Crippen LogP contribution < -0.4 is 0 Å². The lowest BCUT2D eigenvalue weighted by molar-refractivity contribution is 1.52. The molecule has 0 spiro atoms. The first-order valence-electron chi connectivity index (χ1n) is 4.18. The fraction of sp³-hybridized carbons (Fsp3) is 0. The zero-order valence-corrected chi connectivity index (χ0v) is 8.78. The van der Waals surface area contributed by atoms with E-state index >= 15 is 0 Å². The summed E-state index contributed by atoms with van der Waals surface area (Å²) in [4.78, 5) is 0.790. The van der Waals surface area contributed by atoms with Gasteiger partial charge in [-0.1, -0.05) is 0 Å². The van der Waals surface area contributed by atoms with Gasteiger partial charge in [0.05, 0.1) is 0 Å². The molecule has 0 N–H and O–H groups in total. The van der Waals surface area contributed by atoms with Crippen molar-refractivity contribution in [2.24, 2.45) is 0 Å². The molecule has 3 heteroatoms. The van der Waals surface area contributed by atoms with Crippen molar-refractivity contribution in [3.05, 3.63) is 34.5 Å². The van der Waals surface area contributed by atoms with Gasteiger partial charge in [0.25, 0.3) is 0 Å². The van der Waals surface area contributed by atoms with E-state index in [1.807, 2.05) is 6.07 Å². The van der Waals surface area contributed by atoms with Crippen LogP contribution in [-0.2, 0) is 0 Å². The van der Waals surface area contributed by atoms with Gasteiger partial charge in [-0.05, 0) is 29.6 Å². The van der Waals surface area contributed by atoms with Crippen LogP contribution in [0.1, 0.15) is 4.88 Å². The highest BCUT2D eigenvalue weighted by atomic mass is 32.1. The molecular weight excluding hydrogens is 210 g/mol. The van der Waals surface area contributed by atoms with E-state index in [1.165, 1.54) is 20.2 Å². The van der Waals surface area contributed by atoms with E-state index in [0.29, 0.717) is 0 Å². The molecule has 1 nitrogen and oxygen atoms in total. The second-order valence-electron chi connectivity index (χ2n) is 3.03. The third-order valence-corrected chi connectivity index (χ3v) is 4.13. The maximum absolute atomic E-state index is 8.82. The predicted octanol–water partition coefficient (Wildman–Crippen LogP) is 3.99. The van der Waals surface area contributed by atoms with Gasteiger partial charge >= 0.3 is 0 Å². The van der Waals surface area contributed by atoms with Gasteiger partial charge in [-0.2, -0.15) is 5.26 Å². The molecule has 0 saturated heterocycles. The number of nitrogens with zero attached hydrogens (tertiary/aromatic N) is 1. The van der Waals surface area contributed by atoms with Gasteiger partial charge in [-0.15, -0.1) is 22.7 Å². The van der Waals surface area contributed by atoms with Crippen LogP contribution in [0.5, 0.6) is 0 Å².